The molecule has 132 valence electrons. The van der Waals surface area contributed by atoms with E-state index in [0.29, 0.717) is 13.1 Å². The second-order valence-electron chi connectivity index (χ2n) is 5.88. The van der Waals surface area contributed by atoms with Gasteiger partial charge in [0.1, 0.15) is 0 Å². The van der Waals surface area contributed by atoms with Crippen molar-refractivity contribution in [3.8, 4) is 0 Å². The highest BCUT2D eigenvalue weighted by Crippen LogP contribution is 2.21. The van der Waals surface area contributed by atoms with Crippen LogP contribution in [-0.4, -0.2) is 42.5 Å². The van der Waals surface area contributed by atoms with Gasteiger partial charge in [0.15, 0.2) is 0 Å². The summed E-state index contributed by atoms with van der Waals surface area (Å²) in [5, 5.41) is 3.92. The number of hydrazone groups is 1. The van der Waals surface area contributed by atoms with Gasteiger partial charge in [-0.2, -0.15) is 9.41 Å². The molecule has 0 spiro atoms. The number of nitrogens with one attached hydrogen (secondary N) is 1. The zero-order chi connectivity index (χ0) is 17.9. The first-order valence-corrected chi connectivity index (χ1v) is 9.47. The fourth-order valence-electron chi connectivity index (χ4n) is 2.71. The maximum Gasteiger partial charge on any atom is 0.271 e. The topological polar surface area (TPSA) is 83.8 Å². The van der Waals surface area contributed by atoms with Gasteiger partial charge in [-0.15, -0.1) is 0 Å². The molecule has 1 aliphatic rings. The molecule has 2 aromatic rings. The minimum absolute atomic E-state index is 0.133. The van der Waals surface area contributed by atoms with Crippen molar-refractivity contribution in [1.82, 2.24) is 14.3 Å². The monoisotopic (exact) mass is 360 g/mol. The van der Waals surface area contributed by atoms with E-state index in [2.05, 4.69) is 10.5 Å². The SMILES string of the molecule is Cn1cccc1/C=N/NC(=O)c1cccc(S(=O)(=O)N2CCCC2)c1. The van der Waals surface area contributed by atoms with Crippen molar-refractivity contribution in [2.24, 2.45) is 12.1 Å². The molecule has 0 unspecified atom stereocenters. The van der Waals surface area contributed by atoms with Crippen LogP contribution in [0.15, 0.2) is 52.6 Å². The molecule has 1 saturated heterocycles. The van der Waals surface area contributed by atoms with Crippen LogP contribution < -0.4 is 5.43 Å². The Morgan fingerprint density at radius 3 is 2.64 bits per heavy atom. The minimum Gasteiger partial charge on any atom is -0.350 e. The number of amides is 1. The van der Waals surface area contributed by atoms with Gasteiger partial charge < -0.3 is 4.57 Å². The zero-order valence-electron chi connectivity index (χ0n) is 13.9. The average Bonchev–Trinajstić information content (AvgIpc) is 3.27. The molecule has 7 nitrogen and oxygen atoms in total. The molecule has 1 amide bonds. The molecule has 0 saturated carbocycles. The second kappa shape index (κ2) is 7.20. The van der Waals surface area contributed by atoms with Gasteiger partial charge in [0, 0.05) is 31.9 Å². The van der Waals surface area contributed by atoms with E-state index in [9.17, 15) is 13.2 Å². The predicted molar refractivity (Wildman–Crippen MR) is 94.9 cm³/mol. The van der Waals surface area contributed by atoms with Crippen LogP contribution in [0, 0.1) is 0 Å². The Kier molecular flexibility index (Phi) is 5.00. The van der Waals surface area contributed by atoms with Crippen LogP contribution in [0.4, 0.5) is 0 Å². The first-order valence-electron chi connectivity index (χ1n) is 8.03. The van der Waals surface area contributed by atoms with Gasteiger partial charge in [0.25, 0.3) is 5.91 Å². The summed E-state index contributed by atoms with van der Waals surface area (Å²) in [4.78, 5) is 12.4. The van der Waals surface area contributed by atoms with Gasteiger partial charge in [-0.3, -0.25) is 4.79 Å². The number of hydrogen-bond acceptors (Lipinski definition) is 4. The lowest BCUT2D eigenvalue weighted by Gasteiger charge is -2.15. The van der Waals surface area contributed by atoms with E-state index in [0.717, 1.165) is 18.5 Å². The van der Waals surface area contributed by atoms with Crippen molar-refractivity contribution in [2.75, 3.05) is 13.1 Å². The quantitative estimate of drug-likeness (QED) is 0.649. The number of aryl methyl sites for hydroxylation is 1. The highest BCUT2D eigenvalue weighted by Gasteiger charge is 2.27. The molecule has 0 bridgehead atoms. The molecule has 0 aliphatic carbocycles. The van der Waals surface area contributed by atoms with E-state index in [4.69, 9.17) is 0 Å². The summed E-state index contributed by atoms with van der Waals surface area (Å²) in [5.41, 5.74) is 3.51. The molecule has 1 aliphatic heterocycles. The van der Waals surface area contributed by atoms with Crippen LogP contribution in [0.25, 0.3) is 0 Å². The lowest BCUT2D eigenvalue weighted by Crippen LogP contribution is -2.28. The molecule has 1 aromatic heterocycles. The van der Waals surface area contributed by atoms with Crippen LogP contribution in [0.5, 0.6) is 0 Å². The van der Waals surface area contributed by atoms with Gasteiger partial charge in [-0.25, -0.2) is 13.8 Å². The Morgan fingerprint density at radius 1 is 1.20 bits per heavy atom. The molecule has 8 heteroatoms. The summed E-state index contributed by atoms with van der Waals surface area (Å²) in [6, 6.07) is 9.77. The molecule has 0 radical (unpaired) electrons. The number of sulfonamides is 1. The summed E-state index contributed by atoms with van der Waals surface area (Å²) in [7, 11) is -1.67. The zero-order valence-corrected chi connectivity index (χ0v) is 14.7. The van der Waals surface area contributed by atoms with Crippen molar-refractivity contribution < 1.29 is 13.2 Å². The van der Waals surface area contributed by atoms with Crippen molar-refractivity contribution in [2.45, 2.75) is 17.7 Å². The Bertz CT molecular complexity index is 896. The number of nitrogens with zero attached hydrogens (tertiary/aromatic N) is 3. The first kappa shape index (κ1) is 17.4. The third-order valence-electron chi connectivity index (χ3n) is 4.15. The van der Waals surface area contributed by atoms with E-state index < -0.39 is 15.9 Å². The Balaban J connectivity index is 1.73. The molecule has 1 aromatic carbocycles. The van der Waals surface area contributed by atoms with Crippen molar-refractivity contribution in [3.63, 3.8) is 0 Å². The normalized spacial score (nSPS) is 15.7. The smallest absolute Gasteiger partial charge is 0.271 e. The van der Waals surface area contributed by atoms with Gasteiger partial charge in [-0.1, -0.05) is 6.07 Å². The lowest BCUT2D eigenvalue weighted by atomic mass is 10.2. The predicted octanol–water partition coefficient (Wildman–Crippen LogP) is 1.57. The van der Waals surface area contributed by atoms with Crippen molar-refractivity contribution in [1.29, 1.82) is 0 Å². The molecular weight excluding hydrogens is 340 g/mol. The Morgan fingerprint density at radius 2 is 1.96 bits per heavy atom. The van der Waals surface area contributed by atoms with Crippen LogP contribution in [-0.2, 0) is 17.1 Å². The van der Waals surface area contributed by atoms with Gasteiger partial charge in [0.05, 0.1) is 16.8 Å². The number of carbonyl (C=O) groups excluding carboxylic acids is 1. The second-order valence-corrected chi connectivity index (χ2v) is 7.82. The van der Waals surface area contributed by atoms with E-state index >= 15 is 0 Å². The molecule has 3 rings (SSSR count). The number of rotatable bonds is 5. The molecule has 1 fully saturated rings. The fourth-order valence-corrected chi connectivity index (χ4v) is 4.27. The summed E-state index contributed by atoms with van der Waals surface area (Å²) >= 11 is 0. The van der Waals surface area contributed by atoms with E-state index in [1.54, 1.807) is 12.1 Å². The summed E-state index contributed by atoms with van der Waals surface area (Å²) in [6.45, 7) is 1.05. The Labute approximate surface area is 147 Å². The van der Waals surface area contributed by atoms with Crippen molar-refractivity contribution in [3.05, 3.63) is 53.9 Å². The van der Waals surface area contributed by atoms with Crippen LogP contribution in [0.1, 0.15) is 28.9 Å². The standard InChI is InChI=1S/C17H20N4O3S/c1-20-9-5-7-15(20)13-18-19-17(22)14-6-4-8-16(12-14)25(23,24)21-10-2-3-11-21/h4-9,12-13H,2-3,10-11H2,1H3,(H,19,22)/b18-13+. The highest BCUT2D eigenvalue weighted by atomic mass is 32.2. The maximum atomic E-state index is 12.6. The molecular formula is C17H20N4O3S. The third-order valence-corrected chi connectivity index (χ3v) is 6.04. The number of hydrogen-bond donors (Lipinski definition) is 1. The van der Waals surface area contributed by atoms with E-state index in [-0.39, 0.29) is 10.5 Å². The van der Waals surface area contributed by atoms with Crippen molar-refractivity contribution >= 4 is 22.1 Å². The molecule has 2 heterocycles. The third kappa shape index (κ3) is 3.80. The molecule has 25 heavy (non-hydrogen) atoms. The first-order chi connectivity index (χ1) is 12.0. The summed E-state index contributed by atoms with van der Waals surface area (Å²) < 4.78 is 28.5. The largest absolute Gasteiger partial charge is 0.350 e. The number of aromatic nitrogens is 1. The average molecular weight is 360 g/mol. The lowest BCUT2D eigenvalue weighted by molar-refractivity contribution is 0.0955. The van der Waals surface area contributed by atoms with E-state index in [1.807, 2.05) is 29.9 Å². The molecule has 0 atom stereocenters. The fraction of sp³-hybridized carbons (Fsp3) is 0.294. The minimum atomic E-state index is -3.54. The van der Waals surface area contributed by atoms with Crippen LogP contribution in [0.3, 0.4) is 0 Å². The van der Waals surface area contributed by atoms with Gasteiger partial charge in [0.2, 0.25) is 10.0 Å². The van der Waals surface area contributed by atoms with Crippen LogP contribution >= 0.6 is 0 Å². The van der Waals surface area contributed by atoms with Crippen LogP contribution in [0.2, 0.25) is 0 Å². The van der Waals surface area contributed by atoms with E-state index in [1.165, 1.54) is 22.7 Å². The number of carbonyl (C=O) groups is 1. The number of benzene rings is 1. The van der Waals surface area contributed by atoms with Gasteiger partial charge >= 0.3 is 0 Å². The highest BCUT2D eigenvalue weighted by molar-refractivity contribution is 7.89. The maximum absolute atomic E-state index is 12.6. The Hall–Kier alpha value is -2.45. The molecule has 1 N–H and O–H groups in total. The summed E-state index contributed by atoms with van der Waals surface area (Å²) in [5.74, 6) is -0.455. The van der Waals surface area contributed by atoms with Gasteiger partial charge in [-0.05, 0) is 43.2 Å². The summed E-state index contributed by atoms with van der Waals surface area (Å²) in [6.07, 6.45) is 5.14.